The first kappa shape index (κ1) is 22.0. The van der Waals surface area contributed by atoms with E-state index < -0.39 is 0 Å². The van der Waals surface area contributed by atoms with Crippen molar-refractivity contribution in [3.63, 3.8) is 0 Å². The molecule has 0 amide bonds. The zero-order valence-electron chi connectivity index (χ0n) is 17.1. The fourth-order valence-electron chi connectivity index (χ4n) is 3.71. The van der Waals surface area contributed by atoms with Crippen LogP contribution in [0.25, 0.3) is 22.6 Å². The van der Waals surface area contributed by atoms with Crippen molar-refractivity contribution in [3.05, 3.63) is 46.5 Å². The summed E-state index contributed by atoms with van der Waals surface area (Å²) in [5.41, 5.74) is 3.20. The Balaban J connectivity index is 0.00000256. The number of imidazole rings is 1. The zero-order valence-corrected chi connectivity index (χ0v) is 17.9. The Hall–Kier alpha value is -2.71. The zero-order chi connectivity index (χ0) is 20.2. The van der Waals surface area contributed by atoms with E-state index in [-0.39, 0.29) is 24.0 Å². The first-order valence-electron chi connectivity index (χ1n) is 10.2. The molecule has 1 aliphatic heterocycles. The molecule has 9 heteroatoms. The molecular weight excluding hydrogens is 404 g/mol. The lowest BCUT2D eigenvalue weighted by Gasteiger charge is -2.26. The third-order valence-corrected chi connectivity index (χ3v) is 5.30. The van der Waals surface area contributed by atoms with Gasteiger partial charge >= 0.3 is 5.69 Å². The number of aromatic amines is 1. The van der Waals surface area contributed by atoms with Crippen LogP contribution in [0.2, 0.25) is 0 Å². The highest BCUT2D eigenvalue weighted by Gasteiger charge is 2.14. The van der Waals surface area contributed by atoms with E-state index in [9.17, 15) is 4.79 Å². The molecule has 0 bridgehead atoms. The van der Waals surface area contributed by atoms with E-state index in [2.05, 4.69) is 14.9 Å². The van der Waals surface area contributed by atoms with Crippen molar-refractivity contribution in [2.45, 2.75) is 32.7 Å². The first-order chi connectivity index (χ1) is 14.2. The molecule has 0 atom stereocenters. The molecule has 3 aromatic rings. The Kier molecular flexibility index (Phi) is 7.23. The average Bonchev–Trinajstić information content (AvgIpc) is 3.07. The van der Waals surface area contributed by atoms with E-state index in [4.69, 9.17) is 15.1 Å². The molecule has 1 fully saturated rings. The highest BCUT2D eigenvalue weighted by Crippen LogP contribution is 2.19. The van der Waals surface area contributed by atoms with E-state index >= 15 is 0 Å². The second-order valence-corrected chi connectivity index (χ2v) is 7.25. The third-order valence-electron chi connectivity index (χ3n) is 5.30. The summed E-state index contributed by atoms with van der Waals surface area (Å²) < 4.78 is 6.92. The molecule has 2 aromatic heterocycles. The topological polar surface area (TPSA) is 99.9 Å². The summed E-state index contributed by atoms with van der Waals surface area (Å²) in [6, 6.07) is 7.45. The molecule has 0 unspecified atom stereocenters. The van der Waals surface area contributed by atoms with Crippen molar-refractivity contribution in [2.75, 3.05) is 26.2 Å². The molecule has 1 aromatic carbocycles. The van der Waals surface area contributed by atoms with Crippen molar-refractivity contribution in [2.24, 2.45) is 0 Å². The molecule has 4 rings (SSSR count). The summed E-state index contributed by atoms with van der Waals surface area (Å²) >= 11 is 0. The maximum atomic E-state index is 12.4. The smallest absolute Gasteiger partial charge is 0.328 e. The minimum absolute atomic E-state index is 0. The van der Waals surface area contributed by atoms with Gasteiger partial charge in [0.25, 0.3) is 0 Å². The monoisotopic (exact) mass is 430 g/mol. The summed E-state index contributed by atoms with van der Waals surface area (Å²) in [4.78, 5) is 26.7. The van der Waals surface area contributed by atoms with Crippen LogP contribution in [-0.4, -0.2) is 56.6 Å². The SMILES string of the molecule is CCOC(=N)c1ccc(-c2cnc3[nH]c(=O)n(CCN4CCCCC4)c3n2)cc1.Cl. The molecule has 30 heavy (non-hydrogen) atoms. The Morgan fingerprint density at radius 2 is 1.90 bits per heavy atom. The summed E-state index contributed by atoms with van der Waals surface area (Å²) in [6.45, 7) is 5.95. The number of halogens is 1. The van der Waals surface area contributed by atoms with Crippen LogP contribution in [0.15, 0.2) is 35.3 Å². The maximum Gasteiger partial charge on any atom is 0.328 e. The van der Waals surface area contributed by atoms with E-state index in [0.29, 0.717) is 35.7 Å². The number of nitrogens with one attached hydrogen (secondary N) is 2. The lowest BCUT2D eigenvalue weighted by Crippen LogP contribution is -2.34. The van der Waals surface area contributed by atoms with Crippen molar-refractivity contribution in [3.8, 4) is 11.3 Å². The maximum absolute atomic E-state index is 12.4. The molecular formula is C21H27ClN6O2. The number of benzene rings is 1. The molecule has 1 aliphatic rings. The van der Waals surface area contributed by atoms with Crippen LogP contribution < -0.4 is 5.69 Å². The van der Waals surface area contributed by atoms with Gasteiger partial charge in [-0.25, -0.2) is 14.8 Å². The molecule has 0 aliphatic carbocycles. The Morgan fingerprint density at radius 3 is 2.60 bits per heavy atom. The van der Waals surface area contributed by atoms with Crippen LogP contribution in [0.1, 0.15) is 31.7 Å². The fourth-order valence-corrected chi connectivity index (χ4v) is 3.71. The van der Waals surface area contributed by atoms with Crippen molar-refractivity contribution in [1.82, 2.24) is 24.4 Å². The van der Waals surface area contributed by atoms with Gasteiger partial charge in [-0.15, -0.1) is 12.4 Å². The largest absolute Gasteiger partial charge is 0.478 e. The van der Waals surface area contributed by atoms with Crippen molar-refractivity contribution >= 4 is 29.6 Å². The lowest BCUT2D eigenvalue weighted by atomic mass is 10.1. The summed E-state index contributed by atoms with van der Waals surface area (Å²) in [5.74, 6) is 0.151. The van der Waals surface area contributed by atoms with Gasteiger partial charge in [-0.2, -0.15) is 0 Å². The summed E-state index contributed by atoms with van der Waals surface area (Å²) in [7, 11) is 0. The van der Waals surface area contributed by atoms with Gasteiger partial charge in [-0.1, -0.05) is 18.6 Å². The number of ether oxygens (including phenoxy) is 1. The lowest BCUT2D eigenvalue weighted by molar-refractivity contribution is 0.221. The normalized spacial score (nSPS) is 14.4. The van der Waals surface area contributed by atoms with Crippen molar-refractivity contribution < 1.29 is 4.74 Å². The minimum atomic E-state index is -0.172. The second kappa shape index (κ2) is 9.86. The molecule has 160 valence electrons. The predicted octanol–water partition coefficient (Wildman–Crippen LogP) is 3.06. The third kappa shape index (κ3) is 4.71. The highest BCUT2D eigenvalue weighted by molar-refractivity contribution is 5.92. The van der Waals surface area contributed by atoms with Crippen LogP contribution in [-0.2, 0) is 11.3 Å². The van der Waals surface area contributed by atoms with Crippen LogP contribution in [0, 0.1) is 5.41 Å². The number of H-pyrrole nitrogens is 1. The van der Waals surface area contributed by atoms with Crippen LogP contribution in [0.4, 0.5) is 0 Å². The standard InChI is InChI=1S/C21H26N6O2.ClH/c1-2-29-18(22)16-8-6-15(7-9-16)17-14-23-19-20(24-17)27(21(28)25-19)13-12-26-10-4-3-5-11-26;/h6-9,14,22H,2-5,10-13H2,1H3,(H,23,25,28);1H. The second-order valence-electron chi connectivity index (χ2n) is 7.25. The van der Waals surface area contributed by atoms with Crippen LogP contribution in [0.5, 0.6) is 0 Å². The van der Waals surface area contributed by atoms with Gasteiger partial charge in [0, 0.05) is 24.2 Å². The van der Waals surface area contributed by atoms with Gasteiger partial charge in [0.2, 0.25) is 5.90 Å². The number of nitrogens with zero attached hydrogens (tertiary/aromatic N) is 4. The van der Waals surface area contributed by atoms with Crippen LogP contribution >= 0.6 is 12.4 Å². The Labute approximate surface area is 181 Å². The molecule has 0 saturated carbocycles. The Morgan fingerprint density at radius 1 is 1.17 bits per heavy atom. The van der Waals surface area contributed by atoms with Gasteiger partial charge in [0.05, 0.1) is 18.5 Å². The molecule has 0 spiro atoms. The molecule has 1 saturated heterocycles. The predicted molar refractivity (Wildman–Crippen MR) is 120 cm³/mol. The number of hydrogen-bond acceptors (Lipinski definition) is 6. The quantitative estimate of drug-likeness (QED) is 0.462. The summed E-state index contributed by atoms with van der Waals surface area (Å²) in [5, 5.41) is 7.88. The Bertz CT molecular complexity index is 1050. The van der Waals surface area contributed by atoms with Gasteiger partial charge in [-0.3, -0.25) is 15.0 Å². The minimum Gasteiger partial charge on any atom is -0.478 e. The van der Waals surface area contributed by atoms with Crippen molar-refractivity contribution in [1.29, 1.82) is 5.41 Å². The van der Waals surface area contributed by atoms with Gasteiger partial charge < -0.3 is 9.64 Å². The van der Waals surface area contributed by atoms with Gasteiger partial charge in [0.15, 0.2) is 11.3 Å². The molecule has 0 radical (unpaired) electrons. The molecule has 3 heterocycles. The average molecular weight is 431 g/mol. The molecule has 8 nitrogen and oxygen atoms in total. The van der Waals surface area contributed by atoms with E-state index in [1.54, 1.807) is 10.8 Å². The number of fused-ring (bicyclic) bond motifs is 1. The number of hydrogen-bond donors (Lipinski definition) is 2. The van der Waals surface area contributed by atoms with Crippen LogP contribution in [0.3, 0.4) is 0 Å². The van der Waals surface area contributed by atoms with E-state index in [1.807, 2.05) is 31.2 Å². The summed E-state index contributed by atoms with van der Waals surface area (Å²) in [6.07, 6.45) is 5.41. The fraction of sp³-hybridized carbons (Fsp3) is 0.429. The first-order valence-corrected chi connectivity index (χ1v) is 10.2. The number of piperidine rings is 1. The highest BCUT2D eigenvalue weighted by atomic mass is 35.5. The van der Waals surface area contributed by atoms with E-state index in [0.717, 1.165) is 25.2 Å². The number of likely N-dealkylation sites (tertiary alicyclic amines) is 1. The molecule has 2 N–H and O–H groups in total. The van der Waals surface area contributed by atoms with E-state index in [1.165, 1.54) is 19.3 Å². The van der Waals surface area contributed by atoms with Gasteiger partial charge in [0.1, 0.15) is 0 Å². The number of aromatic nitrogens is 4. The van der Waals surface area contributed by atoms with Gasteiger partial charge in [-0.05, 0) is 45.0 Å². The number of rotatable bonds is 6.